The fraction of sp³-hybridized carbons (Fsp3) is 0.478. The molecule has 4 rings (SSSR count). The quantitative estimate of drug-likeness (QED) is 0.640. The number of benzene rings is 1. The number of hydrogen-bond donors (Lipinski definition) is 1. The molecule has 3 aromatic rings. The van der Waals surface area contributed by atoms with Crippen LogP contribution in [0.3, 0.4) is 0 Å². The Morgan fingerprint density at radius 3 is 2.73 bits per heavy atom. The van der Waals surface area contributed by atoms with Crippen LogP contribution in [0.25, 0.3) is 11.3 Å². The second-order valence-corrected chi connectivity index (χ2v) is 8.51. The van der Waals surface area contributed by atoms with E-state index in [1.165, 1.54) is 5.56 Å². The Hall–Kier alpha value is -2.64. The van der Waals surface area contributed by atoms with Gasteiger partial charge in [-0.05, 0) is 38.8 Å². The molecule has 1 N–H and O–H groups in total. The van der Waals surface area contributed by atoms with Gasteiger partial charge >= 0.3 is 0 Å². The monoisotopic (exact) mass is 410 g/mol. The third kappa shape index (κ3) is 4.74. The van der Waals surface area contributed by atoms with Crippen LogP contribution < -0.4 is 4.74 Å². The van der Waals surface area contributed by atoms with E-state index in [1.54, 1.807) is 7.11 Å². The molecule has 1 fully saturated rings. The smallest absolute Gasteiger partial charge is 0.140 e. The molecule has 0 bridgehead atoms. The zero-order chi connectivity index (χ0) is 21.1. The molecule has 3 heterocycles. The number of methoxy groups -OCH3 is 1. The number of hydrogen-bond acceptors (Lipinski definition) is 6. The molecule has 30 heavy (non-hydrogen) atoms. The Kier molecular flexibility index (Phi) is 5.92. The number of aliphatic hydroxyl groups is 1. The summed E-state index contributed by atoms with van der Waals surface area (Å²) in [6.45, 7) is 6.81. The minimum atomic E-state index is -0.760. The van der Waals surface area contributed by atoms with Gasteiger partial charge in [-0.25, -0.2) is 0 Å². The average molecular weight is 411 g/mol. The van der Waals surface area contributed by atoms with Crippen LogP contribution in [0.4, 0.5) is 0 Å². The SMILES string of the molecule is COc1cccc(-c2cc(CC3(O)CCN(Cc4cnn(C(C)C)c4)CC3)on2)c1. The van der Waals surface area contributed by atoms with Crippen LogP contribution in [-0.4, -0.2) is 50.7 Å². The molecular formula is C23H30N4O3. The molecule has 0 unspecified atom stereocenters. The summed E-state index contributed by atoms with van der Waals surface area (Å²) in [4.78, 5) is 2.37. The van der Waals surface area contributed by atoms with Gasteiger partial charge in [-0.2, -0.15) is 5.10 Å². The molecule has 0 amide bonds. The lowest BCUT2D eigenvalue weighted by atomic mass is 9.87. The maximum absolute atomic E-state index is 11.1. The van der Waals surface area contributed by atoms with Crippen molar-refractivity contribution in [3.63, 3.8) is 0 Å². The van der Waals surface area contributed by atoms with E-state index in [9.17, 15) is 5.11 Å². The lowest BCUT2D eigenvalue weighted by molar-refractivity contribution is -0.0265. The predicted octanol–water partition coefficient (Wildman–Crippen LogP) is 3.70. The summed E-state index contributed by atoms with van der Waals surface area (Å²) in [7, 11) is 1.64. The first-order valence-corrected chi connectivity index (χ1v) is 10.5. The fourth-order valence-electron chi connectivity index (χ4n) is 3.94. The molecule has 1 aliphatic rings. The first-order chi connectivity index (χ1) is 14.4. The van der Waals surface area contributed by atoms with Gasteiger partial charge in [0.15, 0.2) is 0 Å². The van der Waals surface area contributed by atoms with Crippen LogP contribution >= 0.6 is 0 Å². The summed E-state index contributed by atoms with van der Waals surface area (Å²) in [5.41, 5.74) is 2.15. The molecule has 7 nitrogen and oxygen atoms in total. The molecule has 0 spiro atoms. The Morgan fingerprint density at radius 2 is 2.03 bits per heavy atom. The summed E-state index contributed by atoms with van der Waals surface area (Å²) in [5, 5.41) is 19.7. The van der Waals surface area contributed by atoms with Gasteiger partial charge in [-0.15, -0.1) is 0 Å². The van der Waals surface area contributed by atoms with E-state index in [1.807, 2.05) is 41.2 Å². The maximum atomic E-state index is 11.1. The molecule has 2 aromatic heterocycles. The summed E-state index contributed by atoms with van der Waals surface area (Å²) in [5.74, 6) is 1.49. The lowest BCUT2D eigenvalue weighted by Gasteiger charge is -2.37. The van der Waals surface area contributed by atoms with Gasteiger partial charge in [-0.1, -0.05) is 17.3 Å². The van der Waals surface area contributed by atoms with Crippen molar-refractivity contribution >= 4 is 0 Å². The summed E-state index contributed by atoms with van der Waals surface area (Å²) >= 11 is 0. The number of ether oxygens (including phenoxy) is 1. The van der Waals surface area contributed by atoms with Crippen molar-refractivity contribution in [2.45, 2.75) is 51.3 Å². The van der Waals surface area contributed by atoms with Crippen molar-refractivity contribution in [3.05, 3.63) is 54.0 Å². The first kappa shape index (κ1) is 20.6. The van der Waals surface area contributed by atoms with E-state index in [4.69, 9.17) is 9.26 Å². The van der Waals surface area contributed by atoms with Crippen molar-refractivity contribution in [2.24, 2.45) is 0 Å². The Balaban J connectivity index is 1.34. The van der Waals surface area contributed by atoms with Crippen LogP contribution in [0.5, 0.6) is 5.75 Å². The summed E-state index contributed by atoms with van der Waals surface area (Å²) < 4.78 is 12.8. The fourth-order valence-corrected chi connectivity index (χ4v) is 3.94. The van der Waals surface area contributed by atoms with Gasteiger partial charge < -0.3 is 14.4 Å². The van der Waals surface area contributed by atoms with Crippen molar-refractivity contribution in [1.82, 2.24) is 19.8 Å². The Morgan fingerprint density at radius 1 is 1.23 bits per heavy atom. The highest BCUT2D eigenvalue weighted by molar-refractivity contribution is 5.60. The number of piperidine rings is 1. The molecule has 1 aromatic carbocycles. The van der Waals surface area contributed by atoms with Gasteiger partial charge in [0, 0.05) is 55.5 Å². The van der Waals surface area contributed by atoms with Gasteiger partial charge in [-0.3, -0.25) is 9.58 Å². The van der Waals surface area contributed by atoms with Crippen molar-refractivity contribution in [2.75, 3.05) is 20.2 Å². The van der Waals surface area contributed by atoms with Crippen LogP contribution in [-0.2, 0) is 13.0 Å². The predicted molar refractivity (Wildman–Crippen MR) is 114 cm³/mol. The van der Waals surface area contributed by atoms with Gasteiger partial charge in [0.05, 0.1) is 18.9 Å². The molecule has 160 valence electrons. The molecular weight excluding hydrogens is 380 g/mol. The number of aromatic nitrogens is 3. The molecule has 1 aliphatic heterocycles. The zero-order valence-corrected chi connectivity index (χ0v) is 17.9. The highest BCUT2D eigenvalue weighted by atomic mass is 16.5. The lowest BCUT2D eigenvalue weighted by Crippen LogP contribution is -2.45. The van der Waals surface area contributed by atoms with E-state index in [2.05, 4.69) is 35.2 Å². The average Bonchev–Trinajstić information content (AvgIpc) is 3.40. The van der Waals surface area contributed by atoms with Crippen LogP contribution in [0.1, 0.15) is 44.1 Å². The van der Waals surface area contributed by atoms with Crippen LogP contribution in [0, 0.1) is 0 Å². The second kappa shape index (κ2) is 8.62. The zero-order valence-electron chi connectivity index (χ0n) is 17.9. The van der Waals surface area contributed by atoms with E-state index in [-0.39, 0.29) is 0 Å². The third-order valence-electron chi connectivity index (χ3n) is 5.80. The van der Waals surface area contributed by atoms with Crippen LogP contribution in [0.15, 0.2) is 47.2 Å². The van der Waals surface area contributed by atoms with Gasteiger partial charge in [0.1, 0.15) is 17.2 Å². The van der Waals surface area contributed by atoms with E-state index in [0.29, 0.717) is 31.1 Å². The van der Waals surface area contributed by atoms with E-state index >= 15 is 0 Å². The molecule has 0 atom stereocenters. The Bertz CT molecular complexity index is 970. The molecule has 0 saturated carbocycles. The normalized spacial score (nSPS) is 16.8. The van der Waals surface area contributed by atoms with Crippen molar-refractivity contribution in [3.8, 4) is 17.0 Å². The van der Waals surface area contributed by atoms with Gasteiger partial charge in [0.2, 0.25) is 0 Å². The van der Waals surface area contributed by atoms with Crippen molar-refractivity contribution < 1.29 is 14.4 Å². The largest absolute Gasteiger partial charge is 0.497 e. The maximum Gasteiger partial charge on any atom is 0.140 e. The summed E-state index contributed by atoms with van der Waals surface area (Å²) in [6.07, 6.45) is 5.94. The van der Waals surface area contributed by atoms with Crippen molar-refractivity contribution in [1.29, 1.82) is 0 Å². The second-order valence-electron chi connectivity index (χ2n) is 8.51. The first-order valence-electron chi connectivity index (χ1n) is 10.5. The number of rotatable bonds is 7. The Labute approximate surface area is 177 Å². The molecule has 1 saturated heterocycles. The molecule has 0 aliphatic carbocycles. The highest BCUT2D eigenvalue weighted by Crippen LogP contribution is 2.30. The highest BCUT2D eigenvalue weighted by Gasteiger charge is 2.34. The minimum absolute atomic E-state index is 0.369. The van der Waals surface area contributed by atoms with E-state index in [0.717, 1.165) is 36.6 Å². The van der Waals surface area contributed by atoms with Crippen LogP contribution in [0.2, 0.25) is 0 Å². The van der Waals surface area contributed by atoms with Gasteiger partial charge in [0.25, 0.3) is 0 Å². The number of likely N-dealkylation sites (tertiary alicyclic amines) is 1. The third-order valence-corrected chi connectivity index (χ3v) is 5.80. The molecule has 0 radical (unpaired) electrons. The van der Waals surface area contributed by atoms with E-state index < -0.39 is 5.60 Å². The topological polar surface area (TPSA) is 76.6 Å². The minimum Gasteiger partial charge on any atom is -0.497 e. The number of nitrogens with zero attached hydrogens (tertiary/aromatic N) is 4. The standard InChI is InChI=1S/C23H30N4O3/c1-17(2)27-16-18(14-24-27)15-26-9-7-23(28,8-10-26)13-21-12-22(25-30-21)19-5-4-6-20(11-19)29-3/h4-6,11-12,14,16-17,28H,7-10,13,15H2,1-3H3. The molecule has 7 heteroatoms. The summed E-state index contributed by atoms with van der Waals surface area (Å²) in [6, 6.07) is 10.0.